The third-order valence-corrected chi connectivity index (χ3v) is 6.35. The number of anilines is 1. The molecule has 0 atom stereocenters. The second kappa shape index (κ2) is 10.2. The van der Waals surface area contributed by atoms with E-state index in [4.69, 9.17) is 11.6 Å². The lowest BCUT2D eigenvalue weighted by molar-refractivity contribution is -0.113. The van der Waals surface area contributed by atoms with E-state index in [0.29, 0.717) is 33.8 Å². The second-order valence-corrected chi connectivity index (χ2v) is 8.97. The molecule has 0 saturated carbocycles. The summed E-state index contributed by atoms with van der Waals surface area (Å²) in [7, 11) is 1.86. The fourth-order valence-electron chi connectivity index (χ4n) is 3.47. The highest BCUT2D eigenvalue weighted by Gasteiger charge is 2.20. The zero-order valence-electron chi connectivity index (χ0n) is 18.9. The van der Waals surface area contributed by atoms with Crippen LogP contribution in [0.2, 0.25) is 5.02 Å². The number of nitrogens with zero attached hydrogens (tertiary/aromatic N) is 5. The van der Waals surface area contributed by atoms with Crippen molar-refractivity contribution in [1.82, 2.24) is 24.5 Å². The van der Waals surface area contributed by atoms with Crippen molar-refractivity contribution in [2.75, 3.05) is 11.1 Å². The molecule has 0 radical (unpaired) electrons. The Morgan fingerprint density at radius 1 is 1.06 bits per heavy atom. The van der Waals surface area contributed by atoms with Crippen molar-refractivity contribution in [2.45, 2.75) is 25.5 Å². The highest BCUT2D eigenvalue weighted by atomic mass is 35.5. The Hall–Kier alpha value is -3.43. The van der Waals surface area contributed by atoms with Crippen LogP contribution >= 0.6 is 23.4 Å². The molecular weight excluding hydrogens is 472 g/mol. The van der Waals surface area contributed by atoms with Crippen LogP contribution in [0.4, 0.5) is 5.69 Å². The van der Waals surface area contributed by atoms with Gasteiger partial charge in [-0.05, 0) is 50.2 Å². The van der Waals surface area contributed by atoms with Gasteiger partial charge in [-0.15, -0.1) is 10.2 Å². The van der Waals surface area contributed by atoms with Gasteiger partial charge >= 0.3 is 0 Å². The summed E-state index contributed by atoms with van der Waals surface area (Å²) in [4.78, 5) is 23.9. The van der Waals surface area contributed by atoms with Gasteiger partial charge in [0, 0.05) is 41.6 Å². The number of Topliss-reactive ketones (excluding diaryl/α,β-unsaturated/α-hetero) is 1. The summed E-state index contributed by atoms with van der Waals surface area (Å²) in [6.45, 7) is 4.14. The SMILES string of the molecule is CCn1c(SCC(=O)Nc2ccc(C(C)=O)cc2)nnc1-c1cn(C)nc1-c1ccc(Cl)cc1. The van der Waals surface area contributed by atoms with Gasteiger partial charge in [-0.2, -0.15) is 5.10 Å². The van der Waals surface area contributed by atoms with Crippen LogP contribution in [0.1, 0.15) is 24.2 Å². The number of benzene rings is 2. The maximum atomic E-state index is 12.5. The number of aryl methyl sites for hydroxylation is 1. The molecule has 4 aromatic rings. The number of ketones is 1. The Kier molecular flexibility index (Phi) is 7.14. The van der Waals surface area contributed by atoms with Crippen molar-refractivity contribution in [3.05, 3.63) is 65.3 Å². The third-order valence-electron chi connectivity index (χ3n) is 5.13. The maximum Gasteiger partial charge on any atom is 0.234 e. The van der Waals surface area contributed by atoms with Crippen LogP contribution in [0.15, 0.2) is 59.9 Å². The van der Waals surface area contributed by atoms with Crippen molar-refractivity contribution in [3.63, 3.8) is 0 Å². The van der Waals surface area contributed by atoms with E-state index in [2.05, 4.69) is 20.6 Å². The van der Waals surface area contributed by atoms with Crippen LogP contribution in [0.5, 0.6) is 0 Å². The van der Waals surface area contributed by atoms with E-state index >= 15 is 0 Å². The van der Waals surface area contributed by atoms with Crippen LogP contribution < -0.4 is 5.32 Å². The zero-order chi connectivity index (χ0) is 24.2. The molecule has 0 bridgehead atoms. The van der Waals surface area contributed by atoms with Gasteiger partial charge in [-0.3, -0.25) is 14.3 Å². The lowest BCUT2D eigenvalue weighted by Gasteiger charge is -2.08. The van der Waals surface area contributed by atoms with Gasteiger partial charge in [0.15, 0.2) is 16.8 Å². The highest BCUT2D eigenvalue weighted by molar-refractivity contribution is 7.99. The van der Waals surface area contributed by atoms with E-state index in [9.17, 15) is 9.59 Å². The number of nitrogens with one attached hydrogen (secondary N) is 1. The second-order valence-electron chi connectivity index (χ2n) is 7.59. The van der Waals surface area contributed by atoms with E-state index in [1.807, 2.05) is 49.0 Å². The predicted octanol–water partition coefficient (Wildman–Crippen LogP) is 4.95. The van der Waals surface area contributed by atoms with Crippen molar-refractivity contribution in [3.8, 4) is 22.6 Å². The number of aromatic nitrogens is 5. The number of carbonyl (C=O) groups excluding carboxylic acids is 2. The van der Waals surface area contributed by atoms with Crippen molar-refractivity contribution < 1.29 is 9.59 Å². The molecule has 0 spiro atoms. The monoisotopic (exact) mass is 494 g/mol. The fraction of sp³-hybridized carbons (Fsp3) is 0.208. The molecule has 1 amide bonds. The van der Waals surface area contributed by atoms with Gasteiger partial charge in [-0.25, -0.2) is 0 Å². The van der Waals surface area contributed by atoms with Crippen LogP contribution in [0.3, 0.4) is 0 Å². The largest absolute Gasteiger partial charge is 0.325 e. The van der Waals surface area contributed by atoms with Crippen molar-refractivity contribution >= 4 is 40.7 Å². The zero-order valence-corrected chi connectivity index (χ0v) is 20.5. The standard InChI is InChI=1S/C24H23ClN6O2S/c1-4-31-23(20-13-30(3)29-22(20)17-5-9-18(25)10-6-17)27-28-24(31)34-14-21(33)26-19-11-7-16(8-12-19)15(2)32/h5-13H,4,14H2,1-3H3,(H,26,33). The van der Waals surface area contributed by atoms with E-state index in [1.54, 1.807) is 28.9 Å². The van der Waals surface area contributed by atoms with Crippen molar-refractivity contribution in [1.29, 1.82) is 0 Å². The number of carbonyl (C=O) groups is 2. The summed E-state index contributed by atoms with van der Waals surface area (Å²) in [5.41, 5.74) is 3.79. The van der Waals surface area contributed by atoms with E-state index < -0.39 is 0 Å². The Morgan fingerprint density at radius 3 is 2.41 bits per heavy atom. The molecule has 2 aromatic carbocycles. The fourth-order valence-corrected chi connectivity index (χ4v) is 4.40. The molecule has 0 fully saturated rings. The minimum Gasteiger partial charge on any atom is -0.325 e. The molecule has 4 rings (SSSR count). The molecule has 0 saturated heterocycles. The molecule has 2 aromatic heterocycles. The Morgan fingerprint density at radius 2 is 1.76 bits per heavy atom. The van der Waals surface area contributed by atoms with E-state index in [0.717, 1.165) is 16.8 Å². The molecule has 0 aliphatic rings. The molecule has 34 heavy (non-hydrogen) atoms. The summed E-state index contributed by atoms with van der Waals surface area (Å²) < 4.78 is 3.71. The Bertz CT molecular complexity index is 1330. The summed E-state index contributed by atoms with van der Waals surface area (Å²) >= 11 is 7.35. The number of rotatable bonds is 8. The number of hydrogen-bond acceptors (Lipinski definition) is 6. The predicted molar refractivity (Wildman–Crippen MR) is 134 cm³/mol. The molecule has 174 valence electrons. The van der Waals surface area contributed by atoms with Crippen LogP contribution in [-0.2, 0) is 18.4 Å². The average Bonchev–Trinajstić information content (AvgIpc) is 3.41. The van der Waals surface area contributed by atoms with Gasteiger partial charge in [0.05, 0.1) is 11.3 Å². The minimum absolute atomic E-state index is 0.0176. The van der Waals surface area contributed by atoms with Gasteiger partial charge in [-0.1, -0.05) is 35.5 Å². The van der Waals surface area contributed by atoms with Crippen LogP contribution in [-0.4, -0.2) is 42.0 Å². The summed E-state index contributed by atoms with van der Waals surface area (Å²) in [5.74, 6) is 0.666. The summed E-state index contributed by atoms with van der Waals surface area (Å²) in [6, 6.07) is 14.3. The molecule has 0 aliphatic heterocycles. The first kappa shape index (κ1) is 23.7. The van der Waals surface area contributed by atoms with Crippen LogP contribution in [0, 0.1) is 0 Å². The highest BCUT2D eigenvalue weighted by Crippen LogP contribution is 2.32. The molecule has 8 nitrogen and oxygen atoms in total. The summed E-state index contributed by atoms with van der Waals surface area (Å²) in [5, 5.41) is 17.5. The first-order valence-electron chi connectivity index (χ1n) is 10.6. The topological polar surface area (TPSA) is 94.7 Å². The summed E-state index contributed by atoms with van der Waals surface area (Å²) in [6.07, 6.45) is 1.91. The van der Waals surface area contributed by atoms with Gasteiger partial charge in [0.2, 0.25) is 5.91 Å². The molecule has 2 heterocycles. The maximum absolute atomic E-state index is 12.5. The first-order valence-corrected chi connectivity index (χ1v) is 12.0. The smallest absolute Gasteiger partial charge is 0.234 e. The normalized spacial score (nSPS) is 10.9. The van der Waals surface area contributed by atoms with E-state index in [1.165, 1.54) is 18.7 Å². The van der Waals surface area contributed by atoms with E-state index in [-0.39, 0.29) is 17.4 Å². The molecule has 10 heteroatoms. The molecule has 1 N–H and O–H groups in total. The number of thioether (sulfide) groups is 1. The molecule has 0 aliphatic carbocycles. The lowest BCUT2D eigenvalue weighted by atomic mass is 10.1. The Balaban J connectivity index is 1.51. The first-order chi connectivity index (χ1) is 16.4. The van der Waals surface area contributed by atoms with Gasteiger partial charge in [0.25, 0.3) is 0 Å². The third kappa shape index (κ3) is 5.21. The van der Waals surface area contributed by atoms with Gasteiger partial charge < -0.3 is 9.88 Å². The molecular formula is C24H23ClN6O2S. The van der Waals surface area contributed by atoms with Crippen molar-refractivity contribution in [2.24, 2.45) is 7.05 Å². The molecule has 0 unspecified atom stereocenters. The van der Waals surface area contributed by atoms with Crippen LogP contribution in [0.25, 0.3) is 22.6 Å². The number of hydrogen-bond donors (Lipinski definition) is 1. The van der Waals surface area contributed by atoms with Gasteiger partial charge in [0.1, 0.15) is 5.69 Å². The number of amides is 1. The average molecular weight is 495 g/mol. The minimum atomic E-state index is -0.170. The quantitative estimate of drug-likeness (QED) is 0.275. The Labute approximate surface area is 206 Å². The lowest BCUT2D eigenvalue weighted by Crippen LogP contribution is -2.14. The number of halogens is 1.